The molecule has 1 aromatic heterocycles. The third-order valence-electron chi connectivity index (χ3n) is 27.2. The molecule has 6 saturated heterocycles. The molecule has 2 unspecified atom stereocenters. The Morgan fingerprint density at radius 2 is 0.569 bits per heavy atom. The van der Waals surface area contributed by atoms with E-state index in [-0.39, 0.29) is 0 Å². The van der Waals surface area contributed by atoms with Crippen LogP contribution in [-0.4, -0.2) is 280 Å². The number of hydrogen-bond donors (Lipinski definition) is 0. The average molecular weight is 1630 g/mol. The van der Waals surface area contributed by atoms with E-state index in [1.807, 2.05) is 0 Å². The maximum Gasteiger partial charge on any atom is 0.0512 e. The third-order valence-corrected chi connectivity index (χ3v) is 27.2. The van der Waals surface area contributed by atoms with Crippen molar-refractivity contribution in [3.8, 4) is 0 Å². The molecule has 686 valence electrons. The van der Waals surface area contributed by atoms with E-state index >= 15 is 0 Å². The average Bonchev–Trinajstić information content (AvgIpc) is 1.56. The Kier molecular flexibility index (Phi) is 57.7. The molecule has 13 heteroatoms. The summed E-state index contributed by atoms with van der Waals surface area (Å²) in [7, 11) is 0. The van der Waals surface area contributed by atoms with Gasteiger partial charge in [0.25, 0.3) is 0 Å². The van der Waals surface area contributed by atoms with Gasteiger partial charge in [0.1, 0.15) is 0 Å². The van der Waals surface area contributed by atoms with Crippen molar-refractivity contribution in [1.82, 2.24) is 63.4 Å². The summed E-state index contributed by atoms with van der Waals surface area (Å²) in [4.78, 5) is 30.6. The van der Waals surface area contributed by atoms with Crippen molar-refractivity contribution in [3.05, 3.63) is 59.0 Å². The second kappa shape index (κ2) is 59.8. The van der Waals surface area contributed by atoms with Crippen molar-refractivity contribution < 1.29 is 0 Å². The number of nitrogens with zero attached hydrogens (tertiary/aromatic N) is 13. The molecule has 0 bridgehead atoms. The van der Waals surface area contributed by atoms with Gasteiger partial charge in [-0.3, -0.25) is 44.1 Å². The van der Waals surface area contributed by atoms with Crippen LogP contribution in [0.3, 0.4) is 0 Å². The van der Waals surface area contributed by atoms with Crippen LogP contribution in [0.5, 0.6) is 0 Å². The van der Waals surface area contributed by atoms with Crippen LogP contribution in [0, 0.1) is 53.3 Å². The van der Waals surface area contributed by atoms with Gasteiger partial charge in [0, 0.05) is 196 Å². The molecule has 6 fully saturated rings. The van der Waals surface area contributed by atoms with E-state index in [9.17, 15) is 0 Å². The zero-order valence-electron chi connectivity index (χ0n) is 85.8. The minimum Gasteiger partial charge on any atom is -0.352 e. The summed E-state index contributed by atoms with van der Waals surface area (Å²) >= 11 is 0. The summed E-state index contributed by atoms with van der Waals surface area (Å²) in [5.74, 6) is 8.38. The zero-order chi connectivity index (χ0) is 88.5. The SMILES string of the molecule is CC(C)C1=CCCN(C(C)C)C1.CC(C)C1=CCN(C(C)C)C1.CC(C)C1=CCN(C(C)C)CC1.CC(C)C1CCCN(C(C)C)C1.CC(C)C1CCN(C(C)C)C1.CC(C)C1CCN(C(C)C)CC1.CC(C)N1CCCN(C(C)C)C1.CC(C)N1CCN(C(C)C)C1.CC(C)N1CCN(C(C)C)CC1.CC(C)c1ccn(C(C)C)c1. The number of rotatable bonds is 20. The highest BCUT2D eigenvalue weighted by atomic mass is 15.4. The van der Waals surface area contributed by atoms with Crippen LogP contribution in [0.2, 0.25) is 0 Å². The molecule has 0 spiro atoms. The van der Waals surface area contributed by atoms with Gasteiger partial charge in [0.05, 0.1) is 13.3 Å². The molecular weight excluding hydrogens is 1420 g/mol. The molecule has 0 N–H and O–H groups in total. The molecule has 0 saturated carbocycles. The molecule has 10 rings (SSSR count). The van der Waals surface area contributed by atoms with E-state index < -0.39 is 0 Å². The van der Waals surface area contributed by atoms with E-state index in [1.165, 1.54) is 175 Å². The summed E-state index contributed by atoms with van der Waals surface area (Å²) < 4.78 is 2.25. The quantitative estimate of drug-likeness (QED) is 0.117. The Balaban J connectivity index is 0.000000645. The number of aromatic nitrogens is 1. The molecule has 10 heterocycles. The molecule has 9 aliphatic heterocycles. The fourth-order valence-electron chi connectivity index (χ4n) is 16.8. The Hall–Kier alpha value is -1.98. The second-order valence-corrected chi connectivity index (χ2v) is 42.5. The topological polar surface area (TPSA) is 43.8 Å². The number of piperazine rings is 1. The first kappa shape index (κ1) is 112. The highest BCUT2D eigenvalue weighted by Crippen LogP contribution is 2.29. The van der Waals surface area contributed by atoms with Gasteiger partial charge in [0.15, 0.2) is 0 Å². The van der Waals surface area contributed by atoms with E-state index in [1.54, 1.807) is 16.7 Å². The van der Waals surface area contributed by atoms with Crippen LogP contribution >= 0.6 is 0 Å². The van der Waals surface area contributed by atoms with Crippen LogP contribution in [-0.2, 0) is 0 Å². The van der Waals surface area contributed by atoms with Crippen molar-refractivity contribution in [3.63, 3.8) is 0 Å². The maximum absolute atomic E-state index is 2.62. The van der Waals surface area contributed by atoms with Crippen molar-refractivity contribution in [1.29, 1.82) is 0 Å². The Morgan fingerprint density at radius 3 is 0.871 bits per heavy atom. The minimum absolute atomic E-state index is 0.586. The maximum atomic E-state index is 2.62. The fraction of sp³-hybridized carbons (Fsp3) is 0.903. The molecule has 0 aliphatic carbocycles. The normalized spacial score (nSPS) is 21.7. The van der Waals surface area contributed by atoms with Gasteiger partial charge in [-0.05, 0) is 328 Å². The van der Waals surface area contributed by atoms with Crippen LogP contribution in [0.15, 0.2) is 53.4 Å². The Bertz CT molecular complexity index is 2420. The molecule has 116 heavy (non-hydrogen) atoms. The standard InChI is InChI=1S/C11H23N.C11H21N.C11H23N.C11H21N.2C10H22N2.C10H21N.C10H19N.C10H17N.C9H20N2/c2*1-9(2)11-5-7-12(8-6-11)10(3)4;2*1-9(2)11-6-5-7-12(8-11)10(3)4;1-9(2)11-5-7-12(8-6-11)10(3)4;1-9(2)11-6-5-7-12(8-11)10(3)4;4*1-8(2)10-5-6-11(7-10)9(3)4/h9-11H,5-8H2,1-4H3;5,9-10H,6-8H2,1-4H3;9-11H,5-8H2,1-4H3;6,9-10H,5,7-8H2,1-4H3;2*9-10H,5-8H2,1-4H3;8-10H,5-7H2,1-4H3;5,8-9H,6-7H2,1-4H3;5-9H,1-4H3;8-9H,5-7H2,1-4H3. The number of piperidine rings is 2. The molecule has 13 nitrogen and oxygen atoms in total. The van der Waals surface area contributed by atoms with Gasteiger partial charge in [-0.15, -0.1) is 0 Å². The van der Waals surface area contributed by atoms with E-state index in [4.69, 9.17) is 0 Å². The summed E-state index contributed by atoms with van der Waals surface area (Å²) in [6, 6.07) is 11.4. The first-order valence-corrected chi connectivity index (χ1v) is 49.2. The predicted molar refractivity (Wildman–Crippen MR) is 520 cm³/mol. The van der Waals surface area contributed by atoms with Crippen molar-refractivity contribution in [2.24, 2.45) is 53.3 Å². The summed E-state index contributed by atoms with van der Waals surface area (Å²) in [6.07, 6.45) is 22.5. The second-order valence-electron chi connectivity index (χ2n) is 42.5. The fourth-order valence-corrected chi connectivity index (χ4v) is 16.8. The molecule has 2 atom stereocenters. The number of likely N-dealkylation sites (tertiary alicyclic amines) is 3. The first-order valence-electron chi connectivity index (χ1n) is 49.2. The first-order chi connectivity index (χ1) is 54.1. The molecule has 1 aromatic rings. The van der Waals surface area contributed by atoms with Crippen LogP contribution in [0.25, 0.3) is 0 Å². The van der Waals surface area contributed by atoms with Crippen molar-refractivity contribution in [2.75, 3.05) is 144 Å². The van der Waals surface area contributed by atoms with Crippen LogP contribution in [0.4, 0.5) is 0 Å². The lowest BCUT2D eigenvalue weighted by atomic mass is 9.86. The molecule has 0 radical (unpaired) electrons. The zero-order valence-corrected chi connectivity index (χ0v) is 85.8. The van der Waals surface area contributed by atoms with Gasteiger partial charge in [0.2, 0.25) is 0 Å². The van der Waals surface area contributed by atoms with Gasteiger partial charge in [-0.2, -0.15) is 0 Å². The highest BCUT2D eigenvalue weighted by molar-refractivity contribution is 5.16. The smallest absolute Gasteiger partial charge is 0.0512 e. The van der Waals surface area contributed by atoms with E-state index in [2.05, 4.69) is 377 Å². The molecule has 9 aliphatic rings. The Labute approximate surface area is 728 Å². The van der Waals surface area contributed by atoms with Gasteiger partial charge >= 0.3 is 0 Å². The van der Waals surface area contributed by atoms with Crippen LogP contribution < -0.4 is 0 Å². The monoisotopic (exact) mass is 1630 g/mol. The van der Waals surface area contributed by atoms with Gasteiger partial charge < -0.3 is 19.3 Å². The van der Waals surface area contributed by atoms with E-state index in [0.29, 0.717) is 54.3 Å². The molecular formula is C103H209N13. The van der Waals surface area contributed by atoms with Crippen molar-refractivity contribution in [2.45, 2.75) is 413 Å². The van der Waals surface area contributed by atoms with Crippen LogP contribution in [0.1, 0.15) is 346 Å². The van der Waals surface area contributed by atoms with Gasteiger partial charge in [-0.1, -0.05) is 132 Å². The lowest BCUT2D eigenvalue weighted by Crippen LogP contribution is -2.50. The highest BCUT2D eigenvalue weighted by Gasteiger charge is 2.29. The van der Waals surface area contributed by atoms with Gasteiger partial charge in [-0.25, -0.2) is 0 Å². The largest absolute Gasteiger partial charge is 0.352 e. The van der Waals surface area contributed by atoms with E-state index in [0.717, 1.165) is 110 Å². The third kappa shape index (κ3) is 45.6. The summed E-state index contributed by atoms with van der Waals surface area (Å²) in [5.41, 5.74) is 6.30. The number of hydrogen-bond acceptors (Lipinski definition) is 12. The molecule has 0 aromatic carbocycles. The lowest BCUT2D eigenvalue weighted by molar-refractivity contribution is 0.0430. The summed E-state index contributed by atoms with van der Waals surface area (Å²) in [6.45, 7) is 119. The molecule has 0 amide bonds. The predicted octanol–water partition coefficient (Wildman–Crippen LogP) is 23.3. The summed E-state index contributed by atoms with van der Waals surface area (Å²) in [5, 5.41) is 0. The minimum atomic E-state index is 0.586. The lowest BCUT2D eigenvalue weighted by Gasteiger charge is -2.39. The van der Waals surface area contributed by atoms with Crippen molar-refractivity contribution >= 4 is 0 Å². The Morgan fingerprint density at radius 1 is 0.250 bits per heavy atom.